The van der Waals surface area contributed by atoms with Crippen molar-refractivity contribution in [2.45, 2.75) is 6.54 Å². The molecule has 1 aromatic carbocycles. The second kappa shape index (κ2) is 5.94. The fourth-order valence-corrected chi connectivity index (χ4v) is 2.36. The molecule has 2 aromatic rings. The maximum Gasteiger partial charge on any atom is 0.286 e. The van der Waals surface area contributed by atoms with Crippen LogP contribution in [0.4, 0.5) is 11.6 Å². The van der Waals surface area contributed by atoms with Crippen LogP contribution in [0.15, 0.2) is 35.1 Å². The Morgan fingerprint density at radius 3 is 2.73 bits per heavy atom. The maximum atomic E-state index is 12.4. The summed E-state index contributed by atoms with van der Waals surface area (Å²) >= 11 is 0. The summed E-state index contributed by atoms with van der Waals surface area (Å²) in [6, 6.07) is 9.56. The Kier molecular flexibility index (Phi) is 3.84. The van der Waals surface area contributed by atoms with Gasteiger partial charge in [-0.05, 0) is 12.1 Å². The number of benzene rings is 1. The highest BCUT2D eigenvalue weighted by atomic mass is 16.3. The van der Waals surface area contributed by atoms with Gasteiger partial charge in [0.05, 0.1) is 6.61 Å². The number of fused-ring (bicyclic) bond motifs is 1. The highest BCUT2D eigenvalue weighted by Crippen LogP contribution is 2.25. The molecule has 8 nitrogen and oxygen atoms in total. The lowest BCUT2D eigenvalue weighted by atomic mass is 10.3. The zero-order chi connectivity index (χ0) is 15.5. The number of hydrogen-bond acceptors (Lipinski definition) is 6. The molecule has 114 valence electrons. The number of rotatable bonds is 4. The van der Waals surface area contributed by atoms with Crippen LogP contribution < -0.4 is 15.8 Å². The van der Waals surface area contributed by atoms with E-state index in [2.05, 4.69) is 15.5 Å². The Balaban J connectivity index is 1.94. The minimum Gasteiger partial charge on any atom is -0.395 e. The number of carbonyl (C=O) groups is 1. The zero-order valence-electron chi connectivity index (χ0n) is 11.8. The summed E-state index contributed by atoms with van der Waals surface area (Å²) in [5, 5.41) is 18.9. The lowest BCUT2D eigenvalue weighted by molar-refractivity contribution is 0.0936. The molecule has 1 aromatic heterocycles. The zero-order valence-corrected chi connectivity index (χ0v) is 11.8. The number of para-hydroxylation sites is 1. The standard InChI is InChI=1S/C14H15N5O3/c20-9-6-15-12(21)11-13(22)19-8-7-18(14(19)17-16-11)10-4-2-1-3-5-10/h1-5,20H,6-9H2,(H,15,21). The smallest absolute Gasteiger partial charge is 0.286 e. The van der Waals surface area contributed by atoms with Gasteiger partial charge >= 0.3 is 0 Å². The molecule has 0 unspecified atom stereocenters. The van der Waals surface area contributed by atoms with Crippen molar-refractivity contribution >= 4 is 17.5 Å². The number of nitrogens with zero attached hydrogens (tertiary/aromatic N) is 4. The monoisotopic (exact) mass is 301 g/mol. The van der Waals surface area contributed by atoms with Crippen LogP contribution in [-0.4, -0.2) is 45.5 Å². The van der Waals surface area contributed by atoms with E-state index in [4.69, 9.17) is 5.11 Å². The third-order valence-corrected chi connectivity index (χ3v) is 3.40. The number of anilines is 2. The number of aliphatic hydroxyl groups is 1. The van der Waals surface area contributed by atoms with Gasteiger partial charge in [-0.1, -0.05) is 18.2 Å². The van der Waals surface area contributed by atoms with Crippen LogP contribution in [0.2, 0.25) is 0 Å². The largest absolute Gasteiger partial charge is 0.395 e. The summed E-state index contributed by atoms with van der Waals surface area (Å²) in [4.78, 5) is 26.1. The Labute approximate surface area is 126 Å². The first kappa shape index (κ1) is 14.2. The van der Waals surface area contributed by atoms with Crippen molar-refractivity contribution in [2.24, 2.45) is 0 Å². The first-order valence-electron chi connectivity index (χ1n) is 6.91. The number of carbonyl (C=O) groups excluding carboxylic acids is 1. The summed E-state index contributed by atoms with van der Waals surface area (Å²) in [6.07, 6.45) is 0. The lowest BCUT2D eigenvalue weighted by Crippen LogP contribution is -2.36. The van der Waals surface area contributed by atoms with E-state index in [1.54, 1.807) is 0 Å². The van der Waals surface area contributed by atoms with E-state index < -0.39 is 11.5 Å². The summed E-state index contributed by atoms with van der Waals surface area (Å²) in [5.74, 6) is -0.199. The Hall–Kier alpha value is -2.74. The van der Waals surface area contributed by atoms with E-state index in [0.717, 1.165) is 5.69 Å². The average Bonchev–Trinajstić information content (AvgIpc) is 2.98. The number of aliphatic hydroxyl groups excluding tert-OH is 1. The average molecular weight is 301 g/mol. The highest BCUT2D eigenvalue weighted by Gasteiger charge is 2.26. The Bertz CT molecular complexity index is 744. The van der Waals surface area contributed by atoms with Gasteiger partial charge in [-0.25, -0.2) is 0 Å². The molecule has 22 heavy (non-hydrogen) atoms. The molecular formula is C14H15N5O3. The molecule has 0 spiro atoms. The second-order valence-corrected chi connectivity index (χ2v) is 4.77. The van der Waals surface area contributed by atoms with Gasteiger partial charge in [-0.2, -0.15) is 0 Å². The van der Waals surface area contributed by atoms with Gasteiger partial charge in [0.1, 0.15) is 0 Å². The molecule has 0 radical (unpaired) electrons. The van der Waals surface area contributed by atoms with Crippen molar-refractivity contribution in [2.75, 3.05) is 24.6 Å². The summed E-state index contributed by atoms with van der Waals surface area (Å²) in [6.45, 7) is 0.902. The SMILES string of the molecule is O=C(NCCO)c1nnc2n(c1=O)CCN2c1ccccc1. The Morgan fingerprint density at radius 2 is 2.00 bits per heavy atom. The highest BCUT2D eigenvalue weighted by molar-refractivity contribution is 5.91. The van der Waals surface area contributed by atoms with E-state index in [9.17, 15) is 9.59 Å². The van der Waals surface area contributed by atoms with Crippen LogP contribution in [0.1, 0.15) is 10.5 Å². The molecule has 8 heteroatoms. The summed E-state index contributed by atoms with van der Waals surface area (Å²) in [7, 11) is 0. The van der Waals surface area contributed by atoms with E-state index in [1.165, 1.54) is 4.57 Å². The van der Waals surface area contributed by atoms with E-state index in [1.807, 2.05) is 35.2 Å². The third-order valence-electron chi connectivity index (χ3n) is 3.40. The molecule has 0 saturated carbocycles. The molecule has 0 saturated heterocycles. The quantitative estimate of drug-likeness (QED) is 0.790. The third kappa shape index (κ3) is 2.44. The van der Waals surface area contributed by atoms with Gasteiger partial charge in [0.2, 0.25) is 11.6 Å². The lowest BCUT2D eigenvalue weighted by Gasteiger charge is -2.16. The van der Waals surface area contributed by atoms with Gasteiger partial charge in [-0.3, -0.25) is 14.2 Å². The van der Waals surface area contributed by atoms with E-state index >= 15 is 0 Å². The number of nitrogens with one attached hydrogen (secondary N) is 1. The topological polar surface area (TPSA) is 100 Å². The van der Waals surface area contributed by atoms with Gasteiger partial charge in [0.25, 0.3) is 11.5 Å². The van der Waals surface area contributed by atoms with E-state index in [-0.39, 0.29) is 18.8 Å². The van der Waals surface area contributed by atoms with Crippen molar-refractivity contribution in [1.82, 2.24) is 20.1 Å². The fraction of sp³-hybridized carbons (Fsp3) is 0.286. The van der Waals surface area contributed by atoms with Crippen molar-refractivity contribution < 1.29 is 9.90 Å². The molecule has 1 amide bonds. The molecule has 0 atom stereocenters. The second-order valence-electron chi connectivity index (χ2n) is 4.77. The predicted octanol–water partition coefficient (Wildman–Crippen LogP) is -0.488. The fourth-order valence-electron chi connectivity index (χ4n) is 2.36. The number of hydrogen-bond donors (Lipinski definition) is 2. The molecule has 3 rings (SSSR count). The summed E-state index contributed by atoms with van der Waals surface area (Å²) < 4.78 is 1.44. The van der Waals surface area contributed by atoms with Crippen LogP contribution in [0.3, 0.4) is 0 Å². The first-order valence-corrected chi connectivity index (χ1v) is 6.91. The summed E-state index contributed by atoms with van der Waals surface area (Å²) in [5.41, 5.74) is 0.186. The van der Waals surface area contributed by atoms with Crippen LogP contribution in [0.25, 0.3) is 0 Å². The number of amides is 1. The maximum absolute atomic E-state index is 12.4. The van der Waals surface area contributed by atoms with E-state index in [0.29, 0.717) is 19.0 Å². The van der Waals surface area contributed by atoms with Gasteiger partial charge in [0.15, 0.2) is 0 Å². The Morgan fingerprint density at radius 1 is 1.23 bits per heavy atom. The molecular weight excluding hydrogens is 286 g/mol. The normalized spacial score (nSPS) is 13.0. The van der Waals surface area contributed by atoms with Crippen LogP contribution in [-0.2, 0) is 6.54 Å². The molecule has 1 aliphatic rings. The van der Waals surface area contributed by atoms with Crippen LogP contribution in [0, 0.1) is 0 Å². The molecule has 0 bridgehead atoms. The van der Waals surface area contributed by atoms with Crippen molar-refractivity contribution in [3.8, 4) is 0 Å². The predicted molar refractivity (Wildman–Crippen MR) is 79.2 cm³/mol. The van der Waals surface area contributed by atoms with Crippen molar-refractivity contribution in [3.05, 3.63) is 46.4 Å². The van der Waals surface area contributed by atoms with Crippen molar-refractivity contribution in [1.29, 1.82) is 0 Å². The van der Waals surface area contributed by atoms with Crippen LogP contribution >= 0.6 is 0 Å². The van der Waals surface area contributed by atoms with Gasteiger partial charge < -0.3 is 15.3 Å². The molecule has 0 aliphatic carbocycles. The number of aromatic nitrogens is 3. The van der Waals surface area contributed by atoms with Crippen molar-refractivity contribution in [3.63, 3.8) is 0 Å². The molecule has 0 fully saturated rings. The van der Waals surface area contributed by atoms with Gasteiger partial charge in [-0.15, -0.1) is 10.2 Å². The molecule has 2 heterocycles. The first-order chi connectivity index (χ1) is 10.7. The molecule has 2 N–H and O–H groups in total. The minimum absolute atomic E-state index is 0.0673. The van der Waals surface area contributed by atoms with Crippen LogP contribution in [0.5, 0.6) is 0 Å². The molecule has 1 aliphatic heterocycles. The minimum atomic E-state index is -0.625. The van der Waals surface area contributed by atoms with Gasteiger partial charge in [0, 0.05) is 25.3 Å².